The molecule has 2 fully saturated rings. The monoisotopic (exact) mass is 345 g/mol. The first-order valence-electron chi connectivity index (χ1n) is 8.64. The lowest BCUT2D eigenvalue weighted by Gasteiger charge is -2.32. The lowest BCUT2D eigenvalue weighted by molar-refractivity contribution is -0.133. The molecule has 2 aliphatic rings. The van der Waals surface area contributed by atoms with Gasteiger partial charge >= 0.3 is 0 Å². The van der Waals surface area contributed by atoms with Crippen molar-refractivity contribution in [1.82, 2.24) is 19.9 Å². The summed E-state index contributed by atoms with van der Waals surface area (Å²) in [6, 6.07) is 2.13. The summed E-state index contributed by atoms with van der Waals surface area (Å²) in [6.45, 7) is 0.912. The summed E-state index contributed by atoms with van der Waals surface area (Å²) in [5.41, 5.74) is 0.801. The second kappa shape index (κ2) is 6.27. The molecule has 3 N–H and O–H groups in total. The number of H-pyrrole nitrogens is 1. The van der Waals surface area contributed by atoms with Crippen molar-refractivity contribution in [2.24, 2.45) is 17.8 Å². The van der Waals surface area contributed by atoms with Gasteiger partial charge in [-0.1, -0.05) is 0 Å². The number of amides is 1. The Morgan fingerprint density at radius 3 is 3.00 bits per heavy atom. The van der Waals surface area contributed by atoms with Crippen LogP contribution in [0.25, 0.3) is 11.0 Å². The normalized spacial score (nSPS) is 28.5. The largest absolute Gasteiger partial charge is 0.396 e. The molecule has 0 radical (unpaired) electrons. The van der Waals surface area contributed by atoms with E-state index in [2.05, 4.69) is 19.9 Å². The number of hydrogen-bond donors (Lipinski definition) is 3. The number of anilines is 1. The van der Waals surface area contributed by atoms with Gasteiger partial charge in [0.2, 0.25) is 5.91 Å². The van der Waals surface area contributed by atoms with Gasteiger partial charge in [-0.25, -0.2) is 9.97 Å². The van der Waals surface area contributed by atoms with E-state index in [1.807, 2.05) is 19.3 Å². The zero-order valence-corrected chi connectivity index (χ0v) is 14.2. The summed E-state index contributed by atoms with van der Waals surface area (Å²) < 4.78 is 0. The van der Waals surface area contributed by atoms with Crippen LogP contribution in [-0.4, -0.2) is 75.4 Å². The Kier molecular flexibility index (Phi) is 4.09. The molecule has 2 aromatic rings. The van der Waals surface area contributed by atoms with Gasteiger partial charge in [-0.05, 0) is 24.3 Å². The highest BCUT2D eigenvalue weighted by molar-refractivity contribution is 5.87. The van der Waals surface area contributed by atoms with Crippen molar-refractivity contribution in [1.29, 1.82) is 0 Å². The molecule has 0 aromatic carbocycles. The van der Waals surface area contributed by atoms with Gasteiger partial charge in [0.1, 0.15) is 24.4 Å². The fourth-order valence-electron chi connectivity index (χ4n) is 4.70. The van der Waals surface area contributed by atoms with Gasteiger partial charge in [-0.2, -0.15) is 0 Å². The van der Waals surface area contributed by atoms with Crippen molar-refractivity contribution in [3.05, 3.63) is 18.6 Å². The van der Waals surface area contributed by atoms with E-state index in [0.717, 1.165) is 23.3 Å². The first-order chi connectivity index (χ1) is 12.1. The predicted molar refractivity (Wildman–Crippen MR) is 91.9 cm³/mol. The van der Waals surface area contributed by atoms with Gasteiger partial charge in [-0.3, -0.25) is 4.79 Å². The molecular formula is C17H23N5O3. The van der Waals surface area contributed by atoms with Gasteiger partial charge in [0, 0.05) is 44.9 Å². The summed E-state index contributed by atoms with van der Waals surface area (Å²) in [5, 5.41) is 20.1. The molecule has 134 valence electrons. The molecule has 4 atom stereocenters. The van der Waals surface area contributed by atoms with Crippen molar-refractivity contribution in [3.8, 4) is 0 Å². The number of carbonyl (C=O) groups is 1. The van der Waals surface area contributed by atoms with Gasteiger partial charge < -0.3 is 25.0 Å². The molecule has 1 aliphatic carbocycles. The van der Waals surface area contributed by atoms with E-state index < -0.39 is 6.61 Å². The molecule has 3 heterocycles. The Labute approximate surface area is 145 Å². The smallest absolute Gasteiger partial charge is 0.248 e. The molecule has 4 rings (SSSR count). The lowest BCUT2D eigenvalue weighted by atomic mass is 9.91. The third-order valence-corrected chi connectivity index (χ3v) is 5.94. The van der Waals surface area contributed by atoms with E-state index in [1.165, 1.54) is 0 Å². The zero-order valence-electron chi connectivity index (χ0n) is 14.2. The minimum Gasteiger partial charge on any atom is -0.396 e. The van der Waals surface area contributed by atoms with Crippen molar-refractivity contribution in [2.75, 3.05) is 38.3 Å². The lowest BCUT2D eigenvalue weighted by Crippen LogP contribution is -2.41. The molecule has 8 heteroatoms. The van der Waals surface area contributed by atoms with Crippen LogP contribution in [0, 0.1) is 17.8 Å². The first-order valence-corrected chi connectivity index (χ1v) is 8.64. The minimum absolute atomic E-state index is 0.0791. The Morgan fingerprint density at radius 2 is 2.24 bits per heavy atom. The predicted octanol–water partition coefficient (Wildman–Crippen LogP) is -0.158. The van der Waals surface area contributed by atoms with Crippen molar-refractivity contribution in [2.45, 2.75) is 12.5 Å². The van der Waals surface area contributed by atoms with Crippen molar-refractivity contribution in [3.63, 3.8) is 0 Å². The minimum atomic E-state index is -0.445. The maximum absolute atomic E-state index is 11.8. The molecule has 0 bridgehead atoms. The zero-order chi connectivity index (χ0) is 17.6. The van der Waals surface area contributed by atoms with Gasteiger partial charge in [0.05, 0.1) is 5.39 Å². The molecule has 1 aliphatic heterocycles. The molecule has 2 aromatic heterocycles. The van der Waals surface area contributed by atoms with Crippen LogP contribution in [0.3, 0.4) is 0 Å². The number of aromatic nitrogens is 3. The van der Waals surface area contributed by atoms with Crippen LogP contribution in [-0.2, 0) is 4.79 Å². The number of nitrogens with zero attached hydrogens (tertiary/aromatic N) is 4. The highest BCUT2D eigenvalue weighted by atomic mass is 16.3. The third kappa shape index (κ3) is 2.56. The van der Waals surface area contributed by atoms with Gasteiger partial charge in [0.15, 0.2) is 0 Å². The van der Waals surface area contributed by atoms with Crippen LogP contribution >= 0.6 is 0 Å². The number of hydrogen-bond acceptors (Lipinski definition) is 6. The van der Waals surface area contributed by atoms with Crippen molar-refractivity contribution < 1.29 is 15.0 Å². The van der Waals surface area contributed by atoms with E-state index in [1.54, 1.807) is 11.2 Å². The van der Waals surface area contributed by atoms with Crippen LogP contribution in [0.5, 0.6) is 0 Å². The Hall–Kier alpha value is -2.19. The van der Waals surface area contributed by atoms with E-state index in [4.69, 9.17) is 5.11 Å². The first kappa shape index (κ1) is 16.3. The van der Waals surface area contributed by atoms with Crippen LogP contribution < -0.4 is 4.90 Å². The SMILES string of the molecule is CN(c1ncnc2[nH]ccc12)C1C[C@H]2CN(C(=O)CO)CC2[C@@H]1CO. The maximum Gasteiger partial charge on any atom is 0.248 e. The van der Waals surface area contributed by atoms with E-state index in [9.17, 15) is 9.90 Å². The van der Waals surface area contributed by atoms with E-state index >= 15 is 0 Å². The van der Waals surface area contributed by atoms with Crippen LogP contribution in [0.1, 0.15) is 6.42 Å². The van der Waals surface area contributed by atoms with Crippen LogP contribution in [0.2, 0.25) is 0 Å². The Morgan fingerprint density at radius 1 is 1.40 bits per heavy atom. The number of aliphatic hydroxyl groups excluding tert-OH is 2. The molecule has 1 saturated heterocycles. The number of aliphatic hydroxyl groups is 2. The topological polar surface area (TPSA) is 106 Å². The maximum atomic E-state index is 11.8. The second-order valence-electron chi connectivity index (χ2n) is 7.08. The van der Waals surface area contributed by atoms with Gasteiger partial charge in [-0.15, -0.1) is 0 Å². The van der Waals surface area contributed by atoms with E-state index in [0.29, 0.717) is 19.0 Å². The molecule has 1 saturated carbocycles. The molecule has 2 unspecified atom stereocenters. The summed E-state index contributed by atoms with van der Waals surface area (Å²) in [7, 11) is 2.01. The number of nitrogens with one attached hydrogen (secondary N) is 1. The fourth-order valence-corrected chi connectivity index (χ4v) is 4.70. The Balaban J connectivity index is 1.58. The number of fused-ring (bicyclic) bond motifs is 2. The quantitative estimate of drug-likeness (QED) is 0.711. The highest BCUT2D eigenvalue weighted by Crippen LogP contribution is 2.45. The number of likely N-dealkylation sites (tertiary alicyclic amines) is 1. The highest BCUT2D eigenvalue weighted by Gasteiger charge is 2.50. The standard InChI is InChI=1S/C17H23N5O3/c1-21(17-11-2-3-18-16(11)19-9-20-17)14-4-10-5-22(15(25)8-24)6-12(10)13(14)7-23/h2-3,9-10,12-14,23-24H,4-8H2,1H3,(H,18,19,20)/t10-,12?,13-,14?/m0/s1. The molecule has 1 amide bonds. The molecular weight excluding hydrogens is 322 g/mol. The average molecular weight is 345 g/mol. The fraction of sp³-hybridized carbons (Fsp3) is 0.588. The average Bonchev–Trinajstić information content (AvgIpc) is 3.33. The Bertz CT molecular complexity index is 778. The van der Waals surface area contributed by atoms with Crippen molar-refractivity contribution >= 4 is 22.8 Å². The number of carbonyl (C=O) groups excluding carboxylic acids is 1. The summed E-state index contributed by atoms with van der Waals surface area (Å²) in [4.78, 5) is 27.4. The summed E-state index contributed by atoms with van der Waals surface area (Å²) in [6.07, 6.45) is 4.30. The van der Waals surface area contributed by atoms with E-state index in [-0.39, 0.29) is 30.4 Å². The number of rotatable bonds is 4. The molecule has 8 nitrogen and oxygen atoms in total. The second-order valence-corrected chi connectivity index (χ2v) is 7.08. The molecule has 25 heavy (non-hydrogen) atoms. The molecule has 0 spiro atoms. The van der Waals surface area contributed by atoms with Gasteiger partial charge in [0.25, 0.3) is 0 Å². The number of aromatic amines is 1. The summed E-state index contributed by atoms with van der Waals surface area (Å²) in [5.74, 6) is 1.33. The third-order valence-electron chi connectivity index (χ3n) is 5.94. The summed E-state index contributed by atoms with van der Waals surface area (Å²) >= 11 is 0. The van der Waals surface area contributed by atoms with Crippen LogP contribution in [0.15, 0.2) is 18.6 Å². The van der Waals surface area contributed by atoms with Crippen LogP contribution in [0.4, 0.5) is 5.82 Å².